The third-order valence-electron chi connectivity index (χ3n) is 5.45. The van der Waals surface area contributed by atoms with Crippen molar-refractivity contribution in [1.29, 1.82) is 0 Å². The summed E-state index contributed by atoms with van der Waals surface area (Å²) in [6.07, 6.45) is 2.48. The average Bonchev–Trinajstić information content (AvgIpc) is 2.81. The van der Waals surface area contributed by atoms with Gasteiger partial charge in [-0.2, -0.15) is 4.99 Å². The number of carbonyl (C=O) groups excluding carboxylic acids is 2. The number of hydrogen-bond acceptors (Lipinski definition) is 3. The summed E-state index contributed by atoms with van der Waals surface area (Å²) in [5, 5.41) is 9.72. The highest BCUT2D eigenvalue weighted by Crippen LogP contribution is 2.19. The molecule has 10 heteroatoms. The van der Waals surface area contributed by atoms with Crippen LogP contribution in [0.4, 0.5) is 13.6 Å². The second kappa shape index (κ2) is 12.3. The number of amides is 2. The molecule has 2 aromatic carbocycles. The van der Waals surface area contributed by atoms with Crippen LogP contribution in [0.3, 0.4) is 0 Å². The molecule has 2 aromatic rings. The fourth-order valence-corrected chi connectivity index (χ4v) is 3.86. The van der Waals surface area contributed by atoms with E-state index in [4.69, 9.17) is 16.3 Å². The SMILES string of the molecule is CCOC(=O)N[C@H]1CC[C@H](N/C(=N\C(=O)c2ccc(F)c(F)c2)NCc2ccccc2Cl)CC1. The van der Waals surface area contributed by atoms with Gasteiger partial charge in [-0.1, -0.05) is 29.8 Å². The van der Waals surface area contributed by atoms with Crippen LogP contribution in [0.15, 0.2) is 47.5 Å². The van der Waals surface area contributed by atoms with E-state index in [0.717, 1.165) is 43.4 Å². The molecule has 1 fully saturated rings. The molecule has 1 saturated carbocycles. The van der Waals surface area contributed by atoms with Crippen LogP contribution in [0.25, 0.3) is 0 Å². The van der Waals surface area contributed by atoms with Gasteiger partial charge in [-0.3, -0.25) is 4.79 Å². The van der Waals surface area contributed by atoms with Crippen molar-refractivity contribution >= 4 is 29.6 Å². The van der Waals surface area contributed by atoms with Crippen LogP contribution in [-0.2, 0) is 11.3 Å². The number of hydrogen-bond donors (Lipinski definition) is 3. The fraction of sp³-hybridized carbons (Fsp3) is 0.375. The predicted octanol–water partition coefficient (Wildman–Crippen LogP) is 4.55. The van der Waals surface area contributed by atoms with Crippen molar-refractivity contribution < 1.29 is 23.1 Å². The van der Waals surface area contributed by atoms with Crippen molar-refractivity contribution in [2.45, 2.75) is 51.2 Å². The number of guanidine groups is 1. The molecule has 3 rings (SSSR count). The Morgan fingerprint density at radius 2 is 1.71 bits per heavy atom. The van der Waals surface area contributed by atoms with Crippen LogP contribution in [0.2, 0.25) is 5.02 Å². The van der Waals surface area contributed by atoms with Gasteiger partial charge in [0.1, 0.15) is 0 Å². The van der Waals surface area contributed by atoms with E-state index in [9.17, 15) is 18.4 Å². The molecule has 182 valence electrons. The summed E-state index contributed by atoms with van der Waals surface area (Å²) in [5.74, 6) is -2.67. The third kappa shape index (κ3) is 7.41. The third-order valence-corrected chi connectivity index (χ3v) is 5.82. The highest BCUT2D eigenvalue weighted by molar-refractivity contribution is 6.31. The van der Waals surface area contributed by atoms with Crippen LogP contribution in [0, 0.1) is 11.6 Å². The Kier molecular flexibility index (Phi) is 9.21. The first-order valence-electron chi connectivity index (χ1n) is 11.1. The molecule has 0 unspecified atom stereocenters. The zero-order valence-corrected chi connectivity index (χ0v) is 19.5. The Hall–Kier alpha value is -3.20. The van der Waals surface area contributed by atoms with Gasteiger partial charge in [-0.05, 0) is 62.4 Å². The maximum absolute atomic E-state index is 13.6. The van der Waals surface area contributed by atoms with E-state index in [1.807, 2.05) is 18.2 Å². The van der Waals surface area contributed by atoms with E-state index in [1.54, 1.807) is 13.0 Å². The van der Waals surface area contributed by atoms with E-state index < -0.39 is 23.6 Å². The quantitative estimate of drug-likeness (QED) is 0.406. The highest BCUT2D eigenvalue weighted by Gasteiger charge is 2.24. The maximum atomic E-state index is 13.6. The molecule has 0 radical (unpaired) electrons. The second-order valence-electron chi connectivity index (χ2n) is 7.90. The van der Waals surface area contributed by atoms with Crippen LogP contribution >= 0.6 is 11.6 Å². The number of nitrogens with zero attached hydrogens (tertiary/aromatic N) is 1. The molecule has 1 aliphatic carbocycles. The molecule has 0 saturated heterocycles. The predicted molar refractivity (Wildman–Crippen MR) is 126 cm³/mol. The molecule has 0 spiro atoms. The topological polar surface area (TPSA) is 91.8 Å². The molecule has 0 aromatic heterocycles. The number of carbonyl (C=O) groups is 2. The second-order valence-corrected chi connectivity index (χ2v) is 8.30. The monoisotopic (exact) mass is 492 g/mol. The van der Waals surface area contributed by atoms with Crippen molar-refractivity contribution in [2.75, 3.05) is 6.61 Å². The molecule has 2 amide bonds. The molecule has 0 bridgehead atoms. The molecule has 1 aliphatic rings. The summed E-state index contributed by atoms with van der Waals surface area (Å²) in [6, 6.07) is 10.2. The lowest BCUT2D eigenvalue weighted by Gasteiger charge is -2.30. The number of ether oxygens (including phenoxy) is 1. The summed E-state index contributed by atoms with van der Waals surface area (Å²) >= 11 is 6.22. The number of halogens is 3. The van der Waals surface area contributed by atoms with Gasteiger partial charge in [-0.25, -0.2) is 13.6 Å². The van der Waals surface area contributed by atoms with E-state index in [-0.39, 0.29) is 23.6 Å². The summed E-state index contributed by atoms with van der Waals surface area (Å²) in [7, 11) is 0. The van der Waals surface area contributed by atoms with Crippen LogP contribution in [0.5, 0.6) is 0 Å². The number of alkyl carbamates (subject to hydrolysis) is 1. The van der Waals surface area contributed by atoms with Crippen LogP contribution in [-0.4, -0.2) is 36.7 Å². The fourth-order valence-electron chi connectivity index (χ4n) is 3.65. The zero-order valence-electron chi connectivity index (χ0n) is 18.7. The summed E-state index contributed by atoms with van der Waals surface area (Å²) in [4.78, 5) is 28.4. The number of benzene rings is 2. The lowest BCUT2D eigenvalue weighted by atomic mass is 9.91. The van der Waals surface area contributed by atoms with Gasteiger partial charge in [0.25, 0.3) is 5.91 Å². The van der Waals surface area contributed by atoms with Crippen molar-refractivity contribution in [2.24, 2.45) is 4.99 Å². The Morgan fingerprint density at radius 3 is 2.35 bits per heavy atom. The normalized spacial score (nSPS) is 18.2. The first kappa shape index (κ1) is 25.4. The van der Waals surface area contributed by atoms with Gasteiger partial charge in [0, 0.05) is 29.2 Å². The summed E-state index contributed by atoms with van der Waals surface area (Å²) in [5.41, 5.74) is 0.737. The van der Waals surface area contributed by atoms with Crippen molar-refractivity contribution in [1.82, 2.24) is 16.0 Å². The molecule has 0 aliphatic heterocycles. The van der Waals surface area contributed by atoms with Gasteiger partial charge in [0.15, 0.2) is 17.6 Å². The highest BCUT2D eigenvalue weighted by atomic mass is 35.5. The minimum absolute atomic E-state index is 0.00417. The molecule has 7 nitrogen and oxygen atoms in total. The molecular weight excluding hydrogens is 466 g/mol. The lowest BCUT2D eigenvalue weighted by molar-refractivity contribution is 0.100. The smallest absolute Gasteiger partial charge is 0.407 e. The van der Waals surface area contributed by atoms with Crippen molar-refractivity contribution in [3.8, 4) is 0 Å². The van der Waals surface area contributed by atoms with Crippen LogP contribution < -0.4 is 16.0 Å². The summed E-state index contributed by atoms with van der Waals surface area (Å²) < 4.78 is 31.7. The lowest BCUT2D eigenvalue weighted by Crippen LogP contribution is -2.47. The van der Waals surface area contributed by atoms with Gasteiger partial charge >= 0.3 is 6.09 Å². The van der Waals surface area contributed by atoms with E-state index in [0.29, 0.717) is 18.2 Å². The molecular formula is C24H27ClF2N4O3. The molecule has 0 atom stereocenters. The number of rotatable bonds is 6. The molecule has 3 N–H and O–H groups in total. The largest absolute Gasteiger partial charge is 0.450 e. The molecule has 34 heavy (non-hydrogen) atoms. The number of nitrogens with one attached hydrogen (secondary N) is 3. The number of aliphatic imine (C=N–C) groups is 1. The average molecular weight is 493 g/mol. The van der Waals surface area contributed by atoms with Gasteiger partial charge in [0.05, 0.1) is 6.61 Å². The Labute approximate surface area is 201 Å². The Balaban J connectivity index is 1.68. The van der Waals surface area contributed by atoms with Crippen molar-refractivity contribution in [3.63, 3.8) is 0 Å². The van der Waals surface area contributed by atoms with E-state index in [2.05, 4.69) is 20.9 Å². The van der Waals surface area contributed by atoms with E-state index in [1.165, 1.54) is 6.07 Å². The van der Waals surface area contributed by atoms with Gasteiger partial charge < -0.3 is 20.7 Å². The van der Waals surface area contributed by atoms with Crippen molar-refractivity contribution in [3.05, 3.63) is 70.2 Å². The minimum Gasteiger partial charge on any atom is -0.450 e. The Bertz CT molecular complexity index is 1040. The minimum atomic E-state index is -1.12. The first-order chi connectivity index (χ1) is 16.4. The van der Waals surface area contributed by atoms with E-state index >= 15 is 0 Å². The van der Waals surface area contributed by atoms with Crippen LogP contribution in [0.1, 0.15) is 48.5 Å². The zero-order chi connectivity index (χ0) is 24.5. The maximum Gasteiger partial charge on any atom is 0.407 e. The van der Waals surface area contributed by atoms with Gasteiger partial charge in [-0.15, -0.1) is 0 Å². The standard InChI is InChI=1S/C24H27ClF2N4O3/c1-2-34-24(33)30-18-10-8-17(9-11-18)29-23(28-14-16-5-3-4-6-19(16)25)31-22(32)15-7-12-20(26)21(27)13-15/h3-7,12-13,17-18H,2,8-11,14H2,1H3,(H,30,33)(H2,28,29,31,32)/t17-,18-. The summed E-state index contributed by atoms with van der Waals surface area (Å²) in [6.45, 7) is 2.36. The Morgan fingerprint density at radius 1 is 1.03 bits per heavy atom. The molecule has 0 heterocycles. The first-order valence-corrected chi connectivity index (χ1v) is 11.5. The van der Waals surface area contributed by atoms with Gasteiger partial charge in [0.2, 0.25) is 0 Å².